The molecule has 2 rings (SSSR count). The third-order valence-electron chi connectivity index (χ3n) is 2.75. The summed E-state index contributed by atoms with van der Waals surface area (Å²) in [5, 5.41) is 0. The van der Waals surface area contributed by atoms with E-state index in [0.29, 0.717) is 25.0 Å². The van der Waals surface area contributed by atoms with Gasteiger partial charge in [-0.05, 0) is 19.3 Å². The second kappa shape index (κ2) is 2.98. The molecule has 1 aliphatic carbocycles. The molecule has 0 saturated heterocycles. The fourth-order valence-corrected chi connectivity index (χ4v) is 1.83. The summed E-state index contributed by atoms with van der Waals surface area (Å²) < 4.78 is 39.1. The highest BCUT2D eigenvalue weighted by molar-refractivity contribution is 5.30. The maximum absolute atomic E-state index is 13.3. The molecule has 0 aliphatic heterocycles. The average molecular weight is 201 g/mol. The molecule has 0 unspecified atom stereocenters. The Morgan fingerprint density at radius 2 is 1.57 bits per heavy atom. The van der Waals surface area contributed by atoms with Crippen molar-refractivity contribution in [3.05, 3.63) is 35.1 Å². The number of rotatable bonds is 1. The molecule has 1 aromatic rings. The first-order chi connectivity index (χ1) is 6.53. The molecule has 0 amide bonds. The zero-order valence-corrected chi connectivity index (χ0v) is 7.49. The van der Waals surface area contributed by atoms with Gasteiger partial charge in [-0.2, -0.15) is 0 Å². The first-order valence-electron chi connectivity index (χ1n) is 4.47. The molecule has 0 heterocycles. The molecule has 0 atom stereocenters. The minimum Gasteiger partial charge on any atom is -0.321 e. The van der Waals surface area contributed by atoms with E-state index in [0.717, 1.165) is 6.42 Å². The summed E-state index contributed by atoms with van der Waals surface area (Å²) in [6.07, 6.45) is 1.95. The molecule has 0 bridgehead atoms. The van der Waals surface area contributed by atoms with Gasteiger partial charge in [0, 0.05) is 23.2 Å². The average Bonchev–Trinajstić information content (AvgIpc) is 1.99. The van der Waals surface area contributed by atoms with E-state index in [1.54, 1.807) is 0 Å². The lowest BCUT2D eigenvalue weighted by atomic mass is 9.72. The molecular formula is C10H10F3N. The van der Waals surface area contributed by atoms with Crippen LogP contribution in [-0.2, 0) is 5.54 Å². The van der Waals surface area contributed by atoms with Gasteiger partial charge in [0.2, 0.25) is 0 Å². The van der Waals surface area contributed by atoms with Gasteiger partial charge in [-0.15, -0.1) is 0 Å². The van der Waals surface area contributed by atoms with Crippen LogP contribution in [0.2, 0.25) is 0 Å². The standard InChI is InChI=1S/C10H10F3N/c11-6-4-7(12)9(8(13)5-6)10(14)2-1-3-10/h4-5H,1-3,14H2. The second-order valence-electron chi connectivity index (χ2n) is 3.75. The Kier molecular flexibility index (Phi) is 2.03. The van der Waals surface area contributed by atoms with Gasteiger partial charge in [0.1, 0.15) is 17.5 Å². The van der Waals surface area contributed by atoms with Crippen molar-refractivity contribution in [3.8, 4) is 0 Å². The first kappa shape index (κ1) is 9.52. The fourth-order valence-electron chi connectivity index (χ4n) is 1.83. The van der Waals surface area contributed by atoms with E-state index in [-0.39, 0.29) is 5.56 Å². The lowest BCUT2D eigenvalue weighted by molar-refractivity contribution is 0.235. The molecule has 4 heteroatoms. The molecule has 76 valence electrons. The van der Waals surface area contributed by atoms with Crippen molar-refractivity contribution >= 4 is 0 Å². The van der Waals surface area contributed by atoms with Gasteiger partial charge in [0.15, 0.2) is 0 Å². The van der Waals surface area contributed by atoms with E-state index < -0.39 is 23.0 Å². The predicted octanol–water partition coefficient (Wildman–Crippen LogP) is 2.44. The Bertz CT molecular complexity index is 349. The van der Waals surface area contributed by atoms with Gasteiger partial charge in [-0.3, -0.25) is 0 Å². The number of nitrogens with two attached hydrogens (primary N) is 1. The number of halogens is 3. The zero-order chi connectivity index (χ0) is 10.3. The third kappa shape index (κ3) is 1.30. The Labute approximate surface area is 79.7 Å². The van der Waals surface area contributed by atoms with Gasteiger partial charge >= 0.3 is 0 Å². The zero-order valence-electron chi connectivity index (χ0n) is 7.49. The normalized spacial score (nSPS) is 19.1. The predicted molar refractivity (Wildman–Crippen MR) is 46.0 cm³/mol. The minimum absolute atomic E-state index is 0.176. The molecule has 14 heavy (non-hydrogen) atoms. The van der Waals surface area contributed by atoms with Crippen LogP contribution in [0.1, 0.15) is 24.8 Å². The SMILES string of the molecule is NC1(c2c(F)cc(F)cc2F)CCC1. The molecule has 1 fully saturated rings. The van der Waals surface area contributed by atoms with Crippen molar-refractivity contribution < 1.29 is 13.2 Å². The van der Waals surface area contributed by atoms with Crippen molar-refractivity contribution in [1.29, 1.82) is 0 Å². The summed E-state index contributed by atoms with van der Waals surface area (Å²) in [6, 6.07) is 1.34. The van der Waals surface area contributed by atoms with Crippen molar-refractivity contribution in [1.82, 2.24) is 0 Å². The van der Waals surface area contributed by atoms with E-state index in [1.807, 2.05) is 0 Å². The number of benzene rings is 1. The van der Waals surface area contributed by atoms with Gasteiger partial charge in [-0.25, -0.2) is 13.2 Å². The second-order valence-corrected chi connectivity index (χ2v) is 3.75. The molecule has 1 aliphatic rings. The summed E-state index contributed by atoms with van der Waals surface area (Å²) in [6.45, 7) is 0. The summed E-state index contributed by atoms with van der Waals surface area (Å²) in [7, 11) is 0. The highest BCUT2D eigenvalue weighted by Gasteiger charge is 2.39. The lowest BCUT2D eigenvalue weighted by Crippen LogP contribution is -2.44. The van der Waals surface area contributed by atoms with Crippen LogP contribution in [0.15, 0.2) is 12.1 Å². The van der Waals surface area contributed by atoms with Crippen LogP contribution in [0.25, 0.3) is 0 Å². The van der Waals surface area contributed by atoms with E-state index >= 15 is 0 Å². The first-order valence-corrected chi connectivity index (χ1v) is 4.47. The van der Waals surface area contributed by atoms with E-state index in [2.05, 4.69) is 0 Å². The Balaban J connectivity index is 2.52. The summed E-state index contributed by atoms with van der Waals surface area (Å²) in [4.78, 5) is 0. The number of hydrogen-bond donors (Lipinski definition) is 1. The molecule has 0 spiro atoms. The largest absolute Gasteiger partial charge is 0.321 e. The van der Waals surface area contributed by atoms with Crippen LogP contribution < -0.4 is 5.73 Å². The molecular weight excluding hydrogens is 191 g/mol. The molecule has 1 aromatic carbocycles. The molecule has 0 aromatic heterocycles. The van der Waals surface area contributed by atoms with E-state index in [9.17, 15) is 13.2 Å². The third-order valence-corrected chi connectivity index (χ3v) is 2.75. The number of hydrogen-bond acceptors (Lipinski definition) is 1. The maximum atomic E-state index is 13.3. The van der Waals surface area contributed by atoms with Crippen molar-refractivity contribution in [2.75, 3.05) is 0 Å². The smallest absolute Gasteiger partial charge is 0.134 e. The van der Waals surface area contributed by atoms with Gasteiger partial charge in [-0.1, -0.05) is 0 Å². The highest BCUT2D eigenvalue weighted by Crippen LogP contribution is 2.41. The van der Waals surface area contributed by atoms with Crippen molar-refractivity contribution in [2.24, 2.45) is 5.73 Å². The van der Waals surface area contributed by atoms with E-state index in [4.69, 9.17) is 5.73 Å². The topological polar surface area (TPSA) is 26.0 Å². The monoisotopic (exact) mass is 201 g/mol. The quantitative estimate of drug-likeness (QED) is 0.742. The summed E-state index contributed by atoms with van der Waals surface area (Å²) in [5.41, 5.74) is 4.67. The van der Waals surface area contributed by atoms with Crippen LogP contribution in [-0.4, -0.2) is 0 Å². The molecule has 1 nitrogen and oxygen atoms in total. The van der Waals surface area contributed by atoms with Crippen molar-refractivity contribution in [3.63, 3.8) is 0 Å². The Morgan fingerprint density at radius 3 is 1.93 bits per heavy atom. The molecule has 2 N–H and O–H groups in total. The van der Waals surface area contributed by atoms with Crippen molar-refractivity contribution in [2.45, 2.75) is 24.8 Å². The van der Waals surface area contributed by atoms with Gasteiger partial charge < -0.3 is 5.73 Å². The maximum Gasteiger partial charge on any atom is 0.134 e. The van der Waals surface area contributed by atoms with E-state index in [1.165, 1.54) is 0 Å². The summed E-state index contributed by atoms with van der Waals surface area (Å²) in [5.74, 6) is -2.68. The Morgan fingerprint density at radius 1 is 1.07 bits per heavy atom. The van der Waals surface area contributed by atoms with Gasteiger partial charge in [0.05, 0.1) is 0 Å². The van der Waals surface area contributed by atoms with Crippen LogP contribution in [0.4, 0.5) is 13.2 Å². The van der Waals surface area contributed by atoms with Crippen LogP contribution in [0.3, 0.4) is 0 Å². The van der Waals surface area contributed by atoms with Crippen LogP contribution >= 0.6 is 0 Å². The van der Waals surface area contributed by atoms with Gasteiger partial charge in [0.25, 0.3) is 0 Å². The fraction of sp³-hybridized carbons (Fsp3) is 0.400. The molecule has 1 saturated carbocycles. The highest BCUT2D eigenvalue weighted by atomic mass is 19.1. The summed E-state index contributed by atoms with van der Waals surface area (Å²) >= 11 is 0. The van der Waals surface area contributed by atoms with Crippen LogP contribution in [0, 0.1) is 17.5 Å². The minimum atomic E-state index is -0.929. The molecule has 0 radical (unpaired) electrons. The van der Waals surface area contributed by atoms with Crippen LogP contribution in [0.5, 0.6) is 0 Å². The lowest BCUT2D eigenvalue weighted by Gasteiger charge is -2.38. The Hall–Kier alpha value is -1.03.